The van der Waals surface area contributed by atoms with Gasteiger partial charge in [-0.1, -0.05) is 5.11 Å². The first-order chi connectivity index (χ1) is 11.4. The number of carbonyl (C=O) groups excluding carboxylic acids is 1. The summed E-state index contributed by atoms with van der Waals surface area (Å²) in [6.07, 6.45) is 2.01. The first kappa shape index (κ1) is 17.8. The SMILES string of the molecule is CCOC(=O)CN1C[C@@H](N=[N+]=[N-])C[C@H]1Cn1cc(C)c(=O)[nH]c1=O. The zero-order valence-electron chi connectivity index (χ0n) is 13.6. The first-order valence-corrected chi connectivity index (χ1v) is 7.68. The van der Waals surface area contributed by atoms with Gasteiger partial charge in [-0.2, -0.15) is 0 Å². The summed E-state index contributed by atoms with van der Waals surface area (Å²) >= 11 is 0. The van der Waals surface area contributed by atoms with Crippen LogP contribution in [0.3, 0.4) is 0 Å². The van der Waals surface area contributed by atoms with Crippen molar-refractivity contribution < 1.29 is 9.53 Å². The Hall–Kier alpha value is -2.58. The molecule has 2 atom stereocenters. The van der Waals surface area contributed by atoms with E-state index in [0.717, 1.165) is 0 Å². The number of carbonyl (C=O) groups is 1. The van der Waals surface area contributed by atoms with E-state index in [2.05, 4.69) is 15.0 Å². The van der Waals surface area contributed by atoms with Crippen LogP contribution in [0.1, 0.15) is 18.9 Å². The fraction of sp³-hybridized carbons (Fsp3) is 0.643. The zero-order chi connectivity index (χ0) is 17.7. The number of aryl methyl sites for hydroxylation is 1. The molecule has 1 saturated heterocycles. The molecule has 0 bridgehead atoms. The van der Waals surface area contributed by atoms with Crippen LogP contribution in [0, 0.1) is 6.92 Å². The van der Waals surface area contributed by atoms with E-state index >= 15 is 0 Å². The highest BCUT2D eigenvalue weighted by atomic mass is 16.5. The number of nitrogens with zero attached hydrogens (tertiary/aromatic N) is 5. The van der Waals surface area contributed by atoms with Gasteiger partial charge in [0.1, 0.15) is 0 Å². The zero-order valence-corrected chi connectivity index (χ0v) is 13.6. The molecule has 0 saturated carbocycles. The molecule has 1 aromatic rings. The average molecular weight is 336 g/mol. The fourth-order valence-corrected chi connectivity index (χ4v) is 2.85. The number of ether oxygens (including phenoxy) is 1. The minimum Gasteiger partial charge on any atom is -0.465 e. The van der Waals surface area contributed by atoms with Crippen LogP contribution >= 0.6 is 0 Å². The predicted molar refractivity (Wildman–Crippen MR) is 85.6 cm³/mol. The van der Waals surface area contributed by atoms with Gasteiger partial charge < -0.3 is 4.74 Å². The Balaban J connectivity index is 2.19. The summed E-state index contributed by atoms with van der Waals surface area (Å²) in [6, 6.07) is -0.443. The maximum Gasteiger partial charge on any atom is 0.328 e. The molecule has 1 N–H and O–H groups in total. The number of hydrogen-bond donors (Lipinski definition) is 1. The molecular weight excluding hydrogens is 316 g/mol. The summed E-state index contributed by atoms with van der Waals surface area (Å²) in [4.78, 5) is 42.0. The van der Waals surface area contributed by atoms with Crippen LogP contribution in [0.2, 0.25) is 0 Å². The van der Waals surface area contributed by atoms with E-state index < -0.39 is 11.2 Å². The van der Waals surface area contributed by atoms with Crippen LogP contribution in [0.15, 0.2) is 20.9 Å². The number of likely N-dealkylation sites (tertiary alicyclic amines) is 1. The Kier molecular flexibility index (Phi) is 5.78. The van der Waals surface area contributed by atoms with Crippen molar-refractivity contribution in [2.24, 2.45) is 5.11 Å². The fourth-order valence-electron chi connectivity index (χ4n) is 2.85. The molecule has 1 aliphatic heterocycles. The van der Waals surface area contributed by atoms with E-state index in [0.29, 0.717) is 18.5 Å². The third kappa shape index (κ3) is 4.24. The molecule has 1 aliphatic rings. The largest absolute Gasteiger partial charge is 0.465 e. The van der Waals surface area contributed by atoms with Gasteiger partial charge in [-0.15, -0.1) is 0 Å². The van der Waals surface area contributed by atoms with Gasteiger partial charge in [0, 0.05) is 35.8 Å². The van der Waals surface area contributed by atoms with E-state index in [1.165, 1.54) is 10.8 Å². The third-order valence-corrected chi connectivity index (χ3v) is 3.95. The van der Waals surface area contributed by atoms with Gasteiger partial charge in [0.15, 0.2) is 0 Å². The lowest BCUT2D eigenvalue weighted by molar-refractivity contribution is -0.144. The second kappa shape index (κ2) is 7.80. The molecule has 2 rings (SSSR count). The monoisotopic (exact) mass is 336 g/mol. The van der Waals surface area contributed by atoms with Crippen LogP contribution in [0.4, 0.5) is 0 Å². The van der Waals surface area contributed by atoms with Crippen molar-refractivity contribution in [1.82, 2.24) is 14.5 Å². The highest BCUT2D eigenvalue weighted by molar-refractivity contribution is 5.71. The Morgan fingerprint density at radius 2 is 2.29 bits per heavy atom. The van der Waals surface area contributed by atoms with Crippen molar-refractivity contribution >= 4 is 5.97 Å². The maximum absolute atomic E-state index is 11.9. The lowest BCUT2D eigenvalue weighted by Gasteiger charge is -2.23. The number of hydrogen-bond acceptors (Lipinski definition) is 6. The van der Waals surface area contributed by atoms with Crippen LogP contribution < -0.4 is 11.2 Å². The summed E-state index contributed by atoms with van der Waals surface area (Å²) in [5.74, 6) is -0.367. The van der Waals surface area contributed by atoms with E-state index in [-0.39, 0.29) is 37.7 Å². The van der Waals surface area contributed by atoms with Crippen molar-refractivity contribution in [2.45, 2.75) is 38.9 Å². The second-order valence-corrected chi connectivity index (χ2v) is 5.71. The molecule has 1 aromatic heterocycles. The molecule has 10 nitrogen and oxygen atoms in total. The number of nitrogens with one attached hydrogen (secondary N) is 1. The minimum absolute atomic E-state index is 0.0625. The summed E-state index contributed by atoms with van der Waals surface area (Å²) in [5.41, 5.74) is 8.12. The van der Waals surface area contributed by atoms with Crippen molar-refractivity contribution in [3.05, 3.63) is 43.0 Å². The van der Waals surface area contributed by atoms with E-state index in [9.17, 15) is 14.4 Å². The van der Waals surface area contributed by atoms with Crippen molar-refractivity contribution in [2.75, 3.05) is 19.7 Å². The molecular formula is C14H20N6O4. The van der Waals surface area contributed by atoms with Crippen molar-refractivity contribution in [3.63, 3.8) is 0 Å². The second-order valence-electron chi connectivity index (χ2n) is 5.71. The summed E-state index contributed by atoms with van der Waals surface area (Å²) in [7, 11) is 0. The molecule has 1 fully saturated rings. The van der Waals surface area contributed by atoms with Crippen molar-refractivity contribution in [3.8, 4) is 0 Å². The molecule has 10 heteroatoms. The maximum atomic E-state index is 11.9. The van der Waals surface area contributed by atoms with Gasteiger partial charge >= 0.3 is 11.7 Å². The van der Waals surface area contributed by atoms with Gasteiger partial charge in [-0.25, -0.2) is 4.79 Å². The summed E-state index contributed by atoms with van der Waals surface area (Å²) in [5, 5.41) is 3.71. The molecule has 2 heterocycles. The van der Waals surface area contributed by atoms with Crippen molar-refractivity contribution in [1.29, 1.82) is 0 Å². The number of aromatic nitrogens is 2. The number of esters is 1. The Morgan fingerprint density at radius 1 is 1.54 bits per heavy atom. The summed E-state index contributed by atoms with van der Waals surface area (Å²) in [6.45, 7) is 4.40. The standard InChI is InChI=1S/C14H20N6O4/c1-3-24-12(21)8-19-6-10(17-18-15)4-11(19)7-20-5-9(2)13(22)16-14(20)23/h5,10-11H,3-4,6-8H2,1-2H3,(H,16,22,23)/t10-,11-/m0/s1. The minimum atomic E-state index is -0.506. The first-order valence-electron chi connectivity index (χ1n) is 7.68. The number of H-pyrrole nitrogens is 1. The normalized spacial score (nSPS) is 20.6. The van der Waals surface area contributed by atoms with E-state index in [1.807, 2.05) is 4.90 Å². The molecule has 24 heavy (non-hydrogen) atoms. The number of azide groups is 1. The smallest absolute Gasteiger partial charge is 0.328 e. The van der Waals surface area contributed by atoms with Crippen LogP contribution in [0.5, 0.6) is 0 Å². The lowest BCUT2D eigenvalue weighted by Crippen LogP contribution is -2.41. The molecule has 0 aliphatic carbocycles. The molecule has 0 amide bonds. The molecule has 130 valence electrons. The van der Waals surface area contributed by atoms with Gasteiger partial charge in [0.25, 0.3) is 5.56 Å². The van der Waals surface area contributed by atoms with Crippen LogP contribution in [-0.4, -0.2) is 52.2 Å². The topological polar surface area (TPSA) is 133 Å². The molecule has 0 unspecified atom stereocenters. The molecule has 0 spiro atoms. The Labute approximate surface area is 137 Å². The third-order valence-electron chi connectivity index (χ3n) is 3.95. The average Bonchev–Trinajstić information content (AvgIpc) is 2.87. The van der Waals surface area contributed by atoms with Gasteiger partial charge in [0.05, 0.1) is 19.2 Å². The lowest BCUT2D eigenvalue weighted by atomic mass is 10.2. The van der Waals surface area contributed by atoms with Gasteiger partial charge in [-0.05, 0) is 25.8 Å². The number of rotatable bonds is 6. The van der Waals surface area contributed by atoms with Crippen LogP contribution in [0.25, 0.3) is 10.4 Å². The highest BCUT2D eigenvalue weighted by Gasteiger charge is 2.33. The highest BCUT2D eigenvalue weighted by Crippen LogP contribution is 2.21. The van der Waals surface area contributed by atoms with E-state index in [1.54, 1.807) is 13.8 Å². The number of aromatic amines is 1. The summed E-state index contributed by atoms with van der Waals surface area (Å²) < 4.78 is 6.36. The Morgan fingerprint density at radius 3 is 2.96 bits per heavy atom. The predicted octanol–water partition coefficient (Wildman–Crippen LogP) is 0.161. The van der Waals surface area contributed by atoms with E-state index in [4.69, 9.17) is 10.3 Å². The molecule has 0 aromatic carbocycles. The van der Waals surface area contributed by atoms with Crippen LogP contribution in [-0.2, 0) is 16.1 Å². The molecule has 0 radical (unpaired) electrons. The van der Waals surface area contributed by atoms with Gasteiger partial charge in [0.2, 0.25) is 0 Å². The quantitative estimate of drug-likeness (QED) is 0.342. The Bertz CT molecular complexity index is 763. The van der Waals surface area contributed by atoms with Gasteiger partial charge in [-0.3, -0.25) is 24.0 Å².